The summed E-state index contributed by atoms with van der Waals surface area (Å²) in [5, 5.41) is 10.5. The van der Waals surface area contributed by atoms with Gasteiger partial charge in [-0.2, -0.15) is 0 Å². The number of nitrogens with one attached hydrogen (secondary N) is 1. The van der Waals surface area contributed by atoms with Crippen LogP contribution in [0.4, 0.5) is 14.5 Å². The van der Waals surface area contributed by atoms with Crippen LogP contribution >= 0.6 is 11.8 Å². The van der Waals surface area contributed by atoms with Gasteiger partial charge in [0.25, 0.3) is 5.91 Å². The van der Waals surface area contributed by atoms with Crippen molar-refractivity contribution in [3.05, 3.63) is 95.6 Å². The van der Waals surface area contributed by atoms with Gasteiger partial charge in [-0.15, -0.1) is 11.8 Å². The summed E-state index contributed by atoms with van der Waals surface area (Å²) in [6.07, 6.45) is 0.675. The van der Waals surface area contributed by atoms with Gasteiger partial charge in [-0.05, 0) is 71.8 Å². The van der Waals surface area contributed by atoms with Crippen molar-refractivity contribution in [1.29, 1.82) is 0 Å². The van der Waals surface area contributed by atoms with Gasteiger partial charge in [-0.1, -0.05) is 24.3 Å². The first-order valence-corrected chi connectivity index (χ1v) is 12.5. The molecule has 0 aliphatic carbocycles. The summed E-state index contributed by atoms with van der Waals surface area (Å²) in [4.78, 5) is 37.0. The lowest BCUT2D eigenvalue weighted by Crippen LogP contribution is -2.57. The van der Waals surface area contributed by atoms with Crippen molar-refractivity contribution in [3.8, 4) is 5.75 Å². The third-order valence-corrected chi connectivity index (χ3v) is 7.04. The maximum absolute atomic E-state index is 13.5. The number of hydrogen-bond donors (Lipinski definition) is 2. The van der Waals surface area contributed by atoms with Crippen molar-refractivity contribution in [3.63, 3.8) is 0 Å². The number of ether oxygens (including phenoxy) is 1. The van der Waals surface area contributed by atoms with Crippen molar-refractivity contribution in [2.75, 3.05) is 23.8 Å². The first kappa shape index (κ1) is 26.2. The van der Waals surface area contributed by atoms with Gasteiger partial charge in [0.05, 0.1) is 6.04 Å². The molecule has 0 aromatic heterocycles. The molecule has 37 heavy (non-hydrogen) atoms. The van der Waals surface area contributed by atoms with Crippen LogP contribution in [0.3, 0.4) is 0 Å². The number of rotatable bonds is 11. The summed E-state index contributed by atoms with van der Waals surface area (Å²) in [5.41, 5.74) is 2.40. The molecule has 1 aliphatic heterocycles. The van der Waals surface area contributed by atoms with Crippen molar-refractivity contribution in [1.82, 2.24) is 5.32 Å². The Morgan fingerprint density at radius 3 is 2.19 bits per heavy atom. The van der Waals surface area contributed by atoms with E-state index in [4.69, 9.17) is 9.84 Å². The number of nitrogens with zero attached hydrogens (tertiary/aromatic N) is 1. The second kappa shape index (κ2) is 11.9. The van der Waals surface area contributed by atoms with E-state index in [1.54, 1.807) is 53.4 Å². The number of carboxylic acid groups (broad SMARTS) is 1. The molecule has 1 aliphatic rings. The number of halogens is 2. The van der Waals surface area contributed by atoms with Crippen LogP contribution in [0.15, 0.2) is 72.8 Å². The summed E-state index contributed by atoms with van der Waals surface area (Å²) in [7, 11) is 0. The Bertz CT molecular complexity index is 1250. The molecule has 7 nitrogen and oxygen atoms in total. The Hall–Kier alpha value is -3.92. The minimum Gasteiger partial charge on any atom is -0.484 e. The van der Waals surface area contributed by atoms with Gasteiger partial charge < -0.3 is 20.1 Å². The molecule has 2 N–H and O–H groups in total. The van der Waals surface area contributed by atoms with E-state index in [1.807, 2.05) is 0 Å². The van der Waals surface area contributed by atoms with Crippen LogP contribution in [0.2, 0.25) is 0 Å². The van der Waals surface area contributed by atoms with Crippen LogP contribution in [0.1, 0.15) is 17.2 Å². The Kier molecular flexibility index (Phi) is 8.39. The van der Waals surface area contributed by atoms with Crippen LogP contribution in [-0.4, -0.2) is 47.0 Å². The Balaban J connectivity index is 1.44. The molecule has 192 valence electrons. The zero-order valence-electron chi connectivity index (χ0n) is 19.6. The number of carbonyl (C=O) groups excluding carboxylic acids is 2. The van der Waals surface area contributed by atoms with Gasteiger partial charge in [-0.3, -0.25) is 14.4 Å². The fourth-order valence-corrected chi connectivity index (χ4v) is 5.25. The number of aryl methyl sites for hydroxylation is 1. The van der Waals surface area contributed by atoms with Crippen LogP contribution in [0.25, 0.3) is 0 Å². The average molecular weight is 527 g/mol. The number of anilines is 1. The van der Waals surface area contributed by atoms with E-state index in [0.29, 0.717) is 23.6 Å². The van der Waals surface area contributed by atoms with Gasteiger partial charge >= 0.3 is 5.97 Å². The van der Waals surface area contributed by atoms with E-state index in [0.717, 1.165) is 11.1 Å². The molecular weight excluding hydrogens is 502 g/mol. The Labute approximate surface area is 216 Å². The molecule has 10 heteroatoms. The van der Waals surface area contributed by atoms with E-state index in [-0.39, 0.29) is 29.6 Å². The highest BCUT2D eigenvalue weighted by atomic mass is 32.2. The Morgan fingerprint density at radius 1 is 0.946 bits per heavy atom. The molecule has 0 radical (unpaired) electrons. The summed E-state index contributed by atoms with van der Waals surface area (Å²) in [6, 6.07) is 18.6. The molecular formula is C27H24F2N2O5S. The molecule has 1 fully saturated rings. The molecule has 4 rings (SSSR count). The largest absolute Gasteiger partial charge is 0.484 e. The lowest BCUT2D eigenvalue weighted by Gasteiger charge is -2.47. The summed E-state index contributed by atoms with van der Waals surface area (Å²) in [6.45, 7) is -0.825. The maximum atomic E-state index is 13.5. The standard InChI is InChI=1S/C27H24F2N2O5S/c28-19-5-1-17(2-6-19)13-14-37-26-25(31(27(26)35)21-9-7-20(29)8-10-21)18-3-11-22(12-4-18)36-16-23(32)30-15-24(33)34/h1-12,25-26H,13-16H2,(H,30,32)(H,33,34)/t25-,26-/m1/s1. The van der Waals surface area contributed by atoms with Gasteiger partial charge in [0.1, 0.15) is 29.2 Å². The highest BCUT2D eigenvalue weighted by molar-refractivity contribution is 8.00. The summed E-state index contributed by atoms with van der Waals surface area (Å²) >= 11 is 1.51. The molecule has 2 amide bonds. The quantitative estimate of drug-likeness (QED) is 0.367. The predicted octanol–water partition coefficient (Wildman–Crippen LogP) is 3.98. The minimum absolute atomic E-state index is 0.0869. The van der Waals surface area contributed by atoms with Crippen LogP contribution in [0.5, 0.6) is 5.75 Å². The number of amides is 2. The number of hydrogen-bond acceptors (Lipinski definition) is 5. The molecule has 3 aromatic carbocycles. The number of carbonyl (C=O) groups is 3. The molecule has 2 atom stereocenters. The number of β-lactam (4-membered cyclic amide) rings is 1. The predicted molar refractivity (Wildman–Crippen MR) is 136 cm³/mol. The fraction of sp³-hybridized carbons (Fsp3) is 0.222. The van der Waals surface area contributed by atoms with Gasteiger partial charge in [0.15, 0.2) is 6.61 Å². The van der Waals surface area contributed by atoms with Gasteiger partial charge in [0, 0.05) is 5.69 Å². The third kappa shape index (κ3) is 6.65. The smallest absolute Gasteiger partial charge is 0.322 e. The summed E-state index contributed by atoms with van der Waals surface area (Å²) in [5.74, 6) is -1.42. The van der Waals surface area contributed by atoms with E-state index in [9.17, 15) is 23.2 Å². The molecule has 0 unspecified atom stereocenters. The zero-order valence-corrected chi connectivity index (χ0v) is 20.4. The molecule has 1 heterocycles. The topological polar surface area (TPSA) is 95.9 Å². The van der Waals surface area contributed by atoms with Crippen molar-refractivity contribution < 1.29 is 33.0 Å². The first-order valence-electron chi connectivity index (χ1n) is 11.5. The van der Waals surface area contributed by atoms with Crippen LogP contribution in [-0.2, 0) is 20.8 Å². The highest BCUT2D eigenvalue weighted by Gasteiger charge is 2.49. The third-order valence-electron chi connectivity index (χ3n) is 5.78. The van der Waals surface area contributed by atoms with E-state index < -0.39 is 24.2 Å². The Morgan fingerprint density at radius 2 is 1.57 bits per heavy atom. The number of aliphatic carboxylic acids is 1. The van der Waals surface area contributed by atoms with Gasteiger partial charge in [-0.25, -0.2) is 8.78 Å². The summed E-state index contributed by atoms with van der Waals surface area (Å²) < 4.78 is 32.1. The highest BCUT2D eigenvalue weighted by Crippen LogP contribution is 2.45. The van der Waals surface area contributed by atoms with Crippen LogP contribution in [0, 0.1) is 11.6 Å². The van der Waals surface area contributed by atoms with Crippen molar-refractivity contribution in [2.45, 2.75) is 17.7 Å². The fourth-order valence-electron chi connectivity index (χ4n) is 3.93. The zero-order chi connectivity index (χ0) is 26.4. The van der Waals surface area contributed by atoms with E-state index in [2.05, 4.69) is 5.32 Å². The molecule has 0 bridgehead atoms. The number of benzene rings is 3. The molecule has 1 saturated heterocycles. The van der Waals surface area contributed by atoms with Crippen molar-refractivity contribution >= 4 is 35.2 Å². The van der Waals surface area contributed by atoms with Crippen LogP contribution < -0.4 is 15.0 Å². The number of thioether (sulfide) groups is 1. The molecule has 3 aromatic rings. The monoisotopic (exact) mass is 526 g/mol. The number of carboxylic acids is 1. The molecule has 0 saturated carbocycles. The average Bonchev–Trinajstić information content (AvgIpc) is 2.89. The first-order chi connectivity index (χ1) is 17.8. The normalized spacial score (nSPS) is 16.7. The maximum Gasteiger partial charge on any atom is 0.322 e. The SMILES string of the molecule is O=C(O)CNC(=O)COc1ccc([C@@H]2[C@@H](SCCc3ccc(F)cc3)C(=O)N2c2ccc(F)cc2)cc1. The van der Waals surface area contributed by atoms with E-state index >= 15 is 0 Å². The lowest BCUT2D eigenvalue weighted by molar-refractivity contribution is -0.138. The second-order valence-electron chi connectivity index (χ2n) is 8.33. The second-order valence-corrected chi connectivity index (χ2v) is 9.57. The van der Waals surface area contributed by atoms with E-state index in [1.165, 1.54) is 36.0 Å². The molecule has 0 spiro atoms. The lowest BCUT2D eigenvalue weighted by atomic mass is 9.92. The van der Waals surface area contributed by atoms with Gasteiger partial charge in [0.2, 0.25) is 5.91 Å². The minimum atomic E-state index is -1.15. The van der Waals surface area contributed by atoms with Crippen molar-refractivity contribution in [2.24, 2.45) is 0 Å².